The second kappa shape index (κ2) is 17.4. The molecule has 0 saturated carbocycles. The minimum Gasteiger partial charge on any atom is -0.304 e. The molecule has 6 heteroatoms. The number of allylic oxidation sites excluding steroid dienone is 3. The third kappa shape index (κ3) is 6.34. The molecule has 3 aliphatic rings. The molecule has 0 bridgehead atoms. The summed E-state index contributed by atoms with van der Waals surface area (Å²) in [6.45, 7) is 0. The van der Waals surface area contributed by atoms with Gasteiger partial charge in [-0.25, -0.2) is 0 Å². The Bertz CT molecular complexity index is 3480. The Morgan fingerprint density at radius 2 is 0.629 bits per heavy atom. The quantitative estimate of drug-likeness (QED) is 0.152. The lowest BCUT2D eigenvalue weighted by Gasteiger charge is -2.52. The molecule has 0 spiro atoms. The molecule has 3 heterocycles. The van der Waals surface area contributed by atoms with Crippen molar-refractivity contribution in [1.29, 1.82) is 0 Å². The molecule has 0 N–H and O–H groups in total. The van der Waals surface area contributed by atoms with Gasteiger partial charge in [0.1, 0.15) is 22.8 Å². The van der Waals surface area contributed by atoms with E-state index in [9.17, 15) is 0 Å². The van der Waals surface area contributed by atoms with Crippen LogP contribution in [0.25, 0.3) is 22.5 Å². The lowest BCUT2D eigenvalue weighted by molar-refractivity contribution is 1.01. The first-order chi connectivity index (χ1) is 34.8. The minimum atomic E-state index is -2.05. The molecule has 9 aromatic carbocycles. The first-order valence-electron chi connectivity index (χ1n) is 24.0. The minimum absolute atomic E-state index is 0.793. The van der Waals surface area contributed by atoms with Crippen molar-refractivity contribution in [2.45, 2.75) is 47.1 Å². The highest BCUT2D eigenvalue weighted by molar-refractivity contribution is 8.37. The van der Waals surface area contributed by atoms with Crippen LogP contribution < -0.4 is 9.80 Å². The number of benzene rings is 9. The van der Waals surface area contributed by atoms with Gasteiger partial charge < -0.3 is 9.80 Å². The zero-order chi connectivity index (χ0) is 46.5. The number of anilines is 6. The van der Waals surface area contributed by atoms with Crippen LogP contribution in [-0.4, -0.2) is 10.2 Å². The fraction of sp³-hybridized carbons (Fsp3) is 0.0312. The van der Waals surface area contributed by atoms with Gasteiger partial charge in [0, 0.05) is 45.4 Å². The Balaban J connectivity index is 1.20. The maximum absolute atomic E-state index is 5.39. The van der Waals surface area contributed by atoms with Gasteiger partial charge >= 0.3 is 0 Å². The summed E-state index contributed by atoms with van der Waals surface area (Å²) in [4.78, 5) is 15.4. The van der Waals surface area contributed by atoms with E-state index in [1.807, 2.05) is 0 Å². The first-order valence-corrected chi connectivity index (χ1v) is 27.2. The molecular formula is C64H48N4S2. The maximum Gasteiger partial charge on any atom is 0.119 e. The fourth-order valence-electron chi connectivity index (χ4n) is 11.0. The fourth-order valence-corrected chi connectivity index (χ4v) is 19.4. The van der Waals surface area contributed by atoms with Gasteiger partial charge in [-0.1, -0.05) is 182 Å². The summed E-state index contributed by atoms with van der Waals surface area (Å²) in [5.41, 5.74) is 9.93. The average Bonchev–Trinajstić information content (AvgIpc) is 3.45. The summed E-state index contributed by atoms with van der Waals surface area (Å²) in [5, 5.41) is 10.8. The monoisotopic (exact) mass is 936 g/mol. The van der Waals surface area contributed by atoms with Gasteiger partial charge in [0.05, 0.1) is 22.7 Å². The second-order valence-corrected chi connectivity index (χ2v) is 23.7. The smallest absolute Gasteiger partial charge is 0.119 e. The molecule has 1 aromatic heterocycles. The summed E-state index contributed by atoms with van der Waals surface area (Å²) in [6.07, 6.45) is 9.32. The summed E-state index contributed by atoms with van der Waals surface area (Å²) >= 11 is 0. The van der Waals surface area contributed by atoms with Crippen LogP contribution in [0.2, 0.25) is 0 Å². The average molecular weight is 937 g/mol. The van der Waals surface area contributed by atoms with Crippen molar-refractivity contribution in [1.82, 2.24) is 10.2 Å². The Hall–Kier alpha value is -8.16. The van der Waals surface area contributed by atoms with E-state index >= 15 is 0 Å². The molecule has 70 heavy (non-hydrogen) atoms. The molecule has 1 aliphatic carbocycles. The van der Waals surface area contributed by atoms with E-state index in [0.717, 1.165) is 69.5 Å². The van der Waals surface area contributed by atoms with Crippen LogP contribution in [-0.2, 0) is 0 Å². The molecular weight excluding hydrogens is 889 g/mol. The third-order valence-corrected chi connectivity index (χ3v) is 21.8. The maximum atomic E-state index is 5.39. The summed E-state index contributed by atoms with van der Waals surface area (Å²) < 4.78 is 0. The second-order valence-electron chi connectivity index (χ2n) is 17.6. The van der Waals surface area contributed by atoms with Crippen LogP contribution in [0.1, 0.15) is 12.8 Å². The molecule has 10 aromatic rings. The largest absolute Gasteiger partial charge is 0.304 e. The van der Waals surface area contributed by atoms with Crippen LogP contribution in [0, 0.1) is 0 Å². The lowest BCUT2D eigenvalue weighted by Crippen LogP contribution is -2.27. The molecule has 2 aliphatic heterocycles. The molecule has 0 unspecified atom stereocenters. The molecule has 0 atom stereocenters. The molecule has 0 amide bonds. The number of fused-ring (bicyclic) bond motifs is 4. The van der Waals surface area contributed by atoms with E-state index in [0.29, 0.717) is 0 Å². The van der Waals surface area contributed by atoms with Gasteiger partial charge in [-0.3, -0.25) is 0 Å². The number of hydrogen-bond acceptors (Lipinski definition) is 4. The summed E-state index contributed by atoms with van der Waals surface area (Å²) in [6, 6.07) is 91.4. The van der Waals surface area contributed by atoms with E-state index < -0.39 is 20.1 Å². The number of rotatable bonds is 8. The molecule has 0 radical (unpaired) electrons. The van der Waals surface area contributed by atoms with Gasteiger partial charge in [0.15, 0.2) is 0 Å². The van der Waals surface area contributed by atoms with Crippen molar-refractivity contribution in [3.8, 4) is 22.5 Å². The number of hydrogen-bond donors (Lipinski definition) is 0. The molecule has 4 nitrogen and oxygen atoms in total. The van der Waals surface area contributed by atoms with Crippen LogP contribution in [0.4, 0.5) is 34.1 Å². The Morgan fingerprint density at radius 1 is 0.314 bits per heavy atom. The van der Waals surface area contributed by atoms with Gasteiger partial charge in [-0.2, -0.15) is 0 Å². The highest BCUT2D eigenvalue weighted by Crippen LogP contribution is 2.82. The zero-order valence-electron chi connectivity index (χ0n) is 38.4. The first kappa shape index (κ1) is 42.0. The van der Waals surface area contributed by atoms with Crippen LogP contribution in [0.3, 0.4) is 0 Å². The predicted octanol–water partition coefficient (Wildman–Crippen LogP) is 18.2. The van der Waals surface area contributed by atoms with Gasteiger partial charge in [-0.05, 0) is 103 Å². The van der Waals surface area contributed by atoms with E-state index in [4.69, 9.17) is 10.2 Å². The number of aromatic nitrogens is 2. The van der Waals surface area contributed by atoms with E-state index in [2.05, 4.69) is 277 Å². The van der Waals surface area contributed by atoms with Crippen molar-refractivity contribution >= 4 is 54.2 Å². The van der Waals surface area contributed by atoms with Crippen molar-refractivity contribution < 1.29 is 0 Å². The van der Waals surface area contributed by atoms with E-state index in [1.165, 1.54) is 39.2 Å². The molecule has 336 valence electrons. The highest BCUT2D eigenvalue weighted by Gasteiger charge is 2.48. The molecule has 13 rings (SSSR count). The Morgan fingerprint density at radius 3 is 0.986 bits per heavy atom. The number of para-hydroxylation sites is 4. The SMILES string of the molecule is C1=CC(S2(c3ccccc3)c3ccccc3N(c3c(-c4ccccc4)nnc(-c4ccccc4)c3N3c4ccccc4S(c4ccccc4)(c4ccccc4)c4ccccc43)c3ccccc32)=CCC1. The summed E-state index contributed by atoms with van der Waals surface area (Å²) in [7, 11) is -4.05. The van der Waals surface area contributed by atoms with Crippen LogP contribution in [0.15, 0.2) is 306 Å². The van der Waals surface area contributed by atoms with E-state index in [1.54, 1.807) is 0 Å². The highest BCUT2D eigenvalue weighted by atomic mass is 32.3. The lowest BCUT2D eigenvalue weighted by atomic mass is 10.0. The van der Waals surface area contributed by atoms with Crippen molar-refractivity contribution in [2.75, 3.05) is 9.80 Å². The van der Waals surface area contributed by atoms with Crippen LogP contribution >= 0.6 is 20.1 Å². The van der Waals surface area contributed by atoms with Gasteiger partial charge in [-0.15, -0.1) is 30.3 Å². The normalized spacial score (nSPS) is 15.9. The van der Waals surface area contributed by atoms with Crippen molar-refractivity contribution in [3.63, 3.8) is 0 Å². The number of nitrogens with zero attached hydrogens (tertiary/aromatic N) is 4. The van der Waals surface area contributed by atoms with Gasteiger partial charge in [0.25, 0.3) is 0 Å². The zero-order valence-corrected chi connectivity index (χ0v) is 40.1. The van der Waals surface area contributed by atoms with Crippen LogP contribution in [0.5, 0.6) is 0 Å². The van der Waals surface area contributed by atoms with Gasteiger partial charge in [0.2, 0.25) is 0 Å². The summed E-state index contributed by atoms with van der Waals surface area (Å²) in [5.74, 6) is 0. The van der Waals surface area contributed by atoms with Crippen molar-refractivity contribution in [3.05, 3.63) is 272 Å². The molecule has 0 fully saturated rings. The van der Waals surface area contributed by atoms with Crippen molar-refractivity contribution in [2.24, 2.45) is 0 Å². The Labute approximate surface area is 413 Å². The Kier molecular flexibility index (Phi) is 10.4. The topological polar surface area (TPSA) is 32.3 Å². The van der Waals surface area contributed by atoms with E-state index in [-0.39, 0.29) is 0 Å². The molecule has 0 saturated heterocycles. The third-order valence-electron chi connectivity index (χ3n) is 13.8. The standard InChI is InChI=1S/C64H48N4S2/c1-7-27-47(28-8-1)61-63(67-53-39-19-23-43-57(53)69(49-31-11-3-12-32-49,50-33-13-4-14-34-50)58-44-24-20-40-54(58)67)64(62(66-65-61)48-29-9-2-10-30-48)68-55-41-21-25-45-59(55)70(51-35-15-5-16-36-51,52-37-17-6-18-38-52)60-46-26-22-42-56(60)68/h1-5,7-17,19-46H,6,18H2. The predicted molar refractivity (Wildman–Crippen MR) is 291 cm³/mol.